The molecule has 0 aliphatic rings. The van der Waals surface area contributed by atoms with Gasteiger partial charge in [-0.15, -0.1) is 11.8 Å². The van der Waals surface area contributed by atoms with Crippen LogP contribution in [-0.4, -0.2) is 29.1 Å². The second-order valence-corrected chi connectivity index (χ2v) is 5.62. The summed E-state index contributed by atoms with van der Waals surface area (Å²) in [4.78, 5) is 11.8. The second kappa shape index (κ2) is 7.44. The first kappa shape index (κ1) is 15.1. The second-order valence-electron chi connectivity index (χ2n) is 4.52. The SMILES string of the molecule is Cc1cccc(C(C)C)c1NC(=O)CSCCO. The number of nitrogens with one attached hydrogen (secondary N) is 1. The molecule has 0 fully saturated rings. The van der Waals surface area contributed by atoms with Crippen LogP contribution in [0, 0.1) is 6.92 Å². The van der Waals surface area contributed by atoms with Crippen molar-refractivity contribution < 1.29 is 9.90 Å². The van der Waals surface area contributed by atoms with Gasteiger partial charge in [-0.1, -0.05) is 32.0 Å². The molecule has 0 heterocycles. The van der Waals surface area contributed by atoms with Crippen molar-refractivity contribution in [3.8, 4) is 0 Å². The Labute approximate surface area is 113 Å². The summed E-state index contributed by atoms with van der Waals surface area (Å²) in [5, 5.41) is 11.7. The minimum atomic E-state index is -0.00958. The van der Waals surface area contributed by atoms with Crippen molar-refractivity contribution in [3.63, 3.8) is 0 Å². The van der Waals surface area contributed by atoms with Gasteiger partial charge < -0.3 is 10.4 Å². The van der Waals surface area contributed by atoms with E-state index in [0.717, 1.165) is 16.8 Å². The van der Waals surface area contributed by atoms with Crippen molar-refractivity contribution in [2.75, 3.05) is 23.4 Å². The van der Waals surface area contributed by atoms with Gasteiger partial charge in [0.25, 0.3) is 0 Å². The van der Waals surface area contributed by atoms with Gasteiger partial charge >= 0.3 is 0 Å². The highest BCUT2D eigenvalue weighted by molar-refractivity contribution is 7.99. The van der Waals surface area contributed by atoms with Gasteiger partial charge in [-0.3, -0.25) is 4.79 Å². The first-order chi connectivity index (χ1) is 8.56. The molecule has 0 spiro atoms. The Hall–Kier alpha value is -1.000. The third kappa shape index (κ3) is 4.35. The molecule has 0 radical (unpaired) electrons. The van der Waals surface area contributed by atoms with E-state index >= 15 is 0 Å². The lowest BCUT2D eigenvalue weighted by Crippen LogP contribution is -2.17. The molecule has 18 heavy (non-hydrogen) atoms. The molecule has 4 heteroatoms. The maximum absolute atomic E-state index is 11.8. The van der Waals surface area contributed by atoms with E-state index in [0.29, 0.717) is 17.4 Å². The van der Waals surface area contributed by atoms with Crippen molar-refractivity contribution in [1.82, 2.24) is 0 Å². The molecule has 0 aromatic heterocycles. The highest BCUT2D eigenvalue weighted by Gasteiger charge is 2.11. The van der Waals surface area contributed by atoms with Crippen molar-refractivity contribution in [2.45, 2.75) is 26.7 Å². The fourth-order valence-electron chi connectivity index (χ4n) is 1.75. The average Bonchev–Trinajstić information content (AvgIpc) is 2.31. The summed E-state index contributed by atoms with van der Waals surface area (Å²) in [6, 6.07) is 6.07. The van der Waals surface area contributed by atoms with Gasteiger partial charge in [-0.25, -0.2) is 0 Å². The number of carbonyl (C=O) groups is 1. The Morgan fingerprint density at radius 1 is 1.44 bits per heavy atom. The van der Waals surface area contributed by atoms with Gasteiger partial charge in [-0.05, 0) is 24.0 Å². The van der Waals surface area contributed by atoms with Crippen LogP contribution >= 0.6 is 11.8 Å². The Morgan fingerprint density at radius 2 is 2.17 bits per heavy atom. The monoisotopic (exact) mass is 267 g/mol. The van der Waals surface area contributed by atoms with E-state index in [2.05, 4.69) is 19.2 Å². The number of rotatable bonds is 6. The topological polar surface area (TPSA) is 49.3 Å². The number of hydrogen-bond donors (Lipinski definition) is 2. The molecule has 2 N–H and O–H groups in total. The zero-order valence-electron chi connectivity index (χ0n) is 11.2. The predicted octanol–water partition coefficient (Wildman–Crippen LogP) is 2.78. The van der Waals surface area contributed by atoms with Gasteiger partial charge in [0.1, 0.15) is 0 Å². The van der Waals surface area contributed by atoms with Gasteiger partial charge in [0.05, 0.1) is 12.4 Å². The summed E-state index contributed by atoms with van der Waals surface area (Å²) in [6.07, 6.45) is 0. The number of para-hydroxylation sites is 1. The van der Waals surface area contributed by atoms with Crippen LogP contribution in [0.15, 0.2) is 18.2 Å². The number of amides is 1. The molecule has 1 aromatic rings. The van der Waals surface area contributed by atoms with Crippen LogP contribution in [0.4, 0.5) is 5.69 Å². The molecule has 0 aliphatic heterocycles. The summed E-state index contributed by atoms with van der Waals surface area (Å²) in [6.45, 7) is 6.35. The van der Waals surface area contributed by atoms with Crippen LogP contribution in [0.5, 0.6) is 0 Å². The molecule has 3 nitrogen and oxygen atoms in total. The number of anilines is 1. The van der Waals surface area contributed by atoms with E-state index in [-0.39, 0.29) is 12.5 Å². The maximum Gasteiger partial charge on any atom is 0.234 e. The first-order valence-electron chi connectivity index (χ1n) is 6.14. The van der Waals surface area contributed by atoms with E-state index in [1.54, 1.807) is 0 Å². The maximum atomic E-state index is 11.8. The van der Waals surface area contributed by atoms with Crippen molar-refractivity contribution in [2.24, 2.45) is 0 Å². The Kier molecular flexibility index (Phi) is 6.22. The molecule has 0 unspecified atom stereocenters. The average molecular weight is 267 g/mol. The lowest BCUT2D eigenvalue weighted by molar-refractivity contribution is -0.113. The highest BCUT2D eigenvalue weighted by Crippen LogP contribution is 2.27. The molecule has 100 valence electrons. The van der Waals surface area contributed by atoms with E-state index in [9.17, 15) is 4.79 Å². The van der Waals surface area contributed by atoms with Crippen molar-refractivity contribution in [1.29, 1.82) is 0 Å². The van der Waals surface area contributed by atoms with E-state index in [4.69, 9.17) is 5.11 Å². The van der Waals surface area contributed by atoms with Crippen LogP contribution in [0.3, 0.4) is 0 Å². The third-order valence-corrected chi connectivity index (χ3v) is 3.60. The summed E-state index contributed by atoms with van der Waals surface area (Å²) in [7, 11) is 0. The van der Waals surface area contributed by atoms with Crippen LogP contribution in [0.1, 0.15) is 30.9 Å². The lowest BCUT2D eigenvalue weighted by atomic mass is 9.98. The lowest BCUT2D eigenvalue weighted by Gasteiger charge is -2.16. The molecular weight excluding hydrogens is 246 g/mol. The molecule has 1 rings (SSSR count). The zero-order chi connectivity index (χ0) is 13.5. The van der Waals surface area contributed by atoms with Crippen LogP contribution in [0.2, 0.25) is 0 Å². The number of thioether (sulfide) groups is 1. The number of aryl methyl sites for hydroxylation is 1. The fraction of sp³-hybridized carbons (Fsp3) is 0.500. The van der Waals surface area contributed by atoms with E-state index in [1.165, 1.54) is 11.8 Å². The standard InChI is InChI=1S/C14H21NO2S/c1-10(2)12-6-4-5-11(3)14(12)15-13(17)9-18-8-7-16/h4-6,10,16H,7-9H2,1-3H3,(H,15,17). The molecule has 0 atom stereocenters. The Balaban J connectivity index is 2.74. The number of hydrogen-bond acceptors (Lipinski definition) is 3. The van der Waals surface area contributed by atoms with Crippen LogP contribution in [0.25, 0.3) is 0 Å². The highest BCUT2D eigenvalue weighted by atomic mass is 32.2. The first-order valence-corrected chi connectivity index (χ1v) is 7.29. The predicted molar refractivity (Wildman–Crippen MR) is 78.3 cm³/mol. The smallest absolute Gasteiger partial charge is 0.234 e. The number of aliphatic hydroxyl groups is 1. The Morgan fingerprint density at radius 3 is 2.78 bits per heavy atom. The van der Waals surface area contributed by atoms with Crippen molar-refractivity contribution in [3.05, 3.63) is 29.3 Å². The molecule has 0 saturated heterocycles. The number of carbonyl (C=O) groups excluding carboxylic acids is 1. The van der Waals surface area contributed by atoms with Crippen LogP contribution in [-0.2, 0) is 4.79 Å². The summed E-state index contributed by atoms with van der Waals surface area (Å²) >= 11 is 1.44. The zero-order valence-corrected chi connectivity index (χ0v) is 12.0. The number of aliphatic hydroxyl groups excluding tert-OH is 1. The van der Waals surface area contributed by atoms with Gasteiger partial charge in [0.2, 0.25) is 5.91 Å². The quantitative estimate of drug-likeness (QED) is 0.779. The number of benzene rings is 1. The largest absolute Gasteiger partial charge is 0.396 e. The molecule has 1 amide bonds. The van der Waals surface area contributed by atoms with Gasteiger partial charge in [-0.2, -0.15) is 0 Å². The molecule has 0 aliphatic carbocycles. The van der Waals surface area contributed by atoms with Crippen LogP contribution < -0.4 is 5.32 Å². The minimum Gasteiger partial charge on any atom is -0.396 e. The van der Waals surface area contributed by atoms with Gasteiger partial charge in [0.15, 0.2) is 0 Å². The summed E-state index contributed by atoms with van der Waals surface area (Å²) in [5.41, 5.74) is 3.18. The summed E-state index contributed by atoms with van der Waals surface area (Å²) in [5.74, 6) is 1.35. The molecule has 1 aromatic carbocycles. The Bertz CT molecular complexity index is 405. The fourth-order valence-corrected chi connectivity index (χ4v) is 2.28. The normalized spacial score (nSPS) is 10.7. The third-order valence-electron chi connectivity index (χ3n) is 2.66. The minimum absolute atomic E-state index is 0.00958. The van der Waals surface area contributed by atoms with E-state index < -0.39 is 0 Å². The molecular formula is C14H21NO2S. The summed E-state index contributed by atoms with van der Waals surface area (Å²) < 4.78 is 0. The van der Waals surface area contributed by atoms with Crippen molar-refractivity contribution >= 4 is 23.4 Å². The molecule has 0 bridgehead atoms. The molecule has 0 saturated carbocycles. The van der Waals surface area contributed by atoms with E-state index in [1.807, 2.05) is 25.1 Å². The van der Waals surface area contributed by atoms with Gasteiger partial charge in [0, 0.05) is 11.4 Å².